The normalized spacial score (nSPS) is 17.9. The molecule has 4 rings (SSSR count). The first-order valence-corrected chi connectivity index (χ1v) is 10.5. The van der Waals surface area contributed by atoms with Gasteiger partial charge in [0.1, 0.15) is 5.82 Å². The number of piperidine rings is 1. The molecule has 0 aliphatic carbocycles. The van der Waals surface area contributed by atoms with Gasteiger partial charge in [-0.05, 0) is 37.1 Å². The third-order valence-electron chi connectivity index (χ3n) is 5.72. The fourth-order valence-corrected chi connectivity index (χ4v) is 4.25. The Balaban J connectivity index is 1.29. The van der Waals surface area contributed by atoms with E-state index in [1.165, 1.54) is 12.1 Å². The summed E-state index contributed by atoms with van der Waals surface area (Å²) in [5.74, 6) is 0.129. The van der Waals surface area contributed by atoms with Crippen LogP contribution in [0, 0.1) is 11.7 Å². The van der Waals surface area contributed by atoms with E-state index in [-0.39, 0.29) is 28.3 Å². The minimum Gasteiger partial charge on any atom is -0.341 e. The standard InChI is InChI=1S/C21H23ClFN5O2/c22-18-14-16(23)2-3-17(18)20(30)27-12-10-26(11-13-27)19(29)15-4-8-28(9-5-15)21-24-6-1-7-25-21/h1-3,6-7,14-15H,4-5,8-13H2. The van der Waals surface area contributed by atoms with Crippen molar-refractivity contribution in [2.45, 2.75) is 12.8 Å². The number of carbonyl (C=O) groups is 2. The Labute approximate surface area is 179 Å². The molecule has 30 heavy (non-hydrogen) atoms. The Hall–Kier alpha value is -2.74. The summed E-state index contributed by atoms with van der Waals surface area (Å²) >= 11 is 6.02. The molecule has 2 aliphatic rings. The number of halogens is 2. The molecule has 2 aromatic rings. The van der Waals surface area contributed by atoms with Gasteiger partial charge in [0.25, 0.3) is 5.91 Å². The first-order valence-electron chi connectivity index (χ1n) is 10.1. The molecule has 0 spiro atoms. The predicted octanol–water partition coefficient (Wildman–Crippen LogP) is 2.47. The Morgan fingerprint density at radius 1 is 0.967 bits per heavy atom. The molecule has 1 aromatic carbocycles. The van der Waals surface area contributed by atoms with E-state index in [9.17, 15) is 14.0 Å². The van der Waals surface area contributed by atoms with Gasteiger partial charge >= 0.3 is 0 Å². The van der Waals surface area contributed by atoms with Gasteiger partial charge in [0.2, 0.25) is 11.9 Å². The average Bonchev–Trinajstić information content (AvgIpc) is 2.79. The van der Waals surface area contributed by atoms with Crippen molar-refractivity contribution >= 4 is 29.4 Å². The zero-order valence-electron chi connectivity index (χ0n) is 16.5. The lowest BCUT2D eigenvalue weighted by Gasteiger charge is -2.38. The van der Waals surface area contributed by atoms with Crippen molar-refractivity contribution in [3.8, 4) is 0 Å². The quantitative estimate of drug-likeness (QED) is 0.746. The smallest absolute Gasteiger partial charge is 0.255 e. The van der Waals surface area contributed by atoms with Crippen molar-refractivity contribution in [2.75, 3.05) is 44.2 Å². The highest BCUT2D eigenvalue weighted by molar-refractivity contribution is 6.33. The SMILES string of the molecule is O=C(c1ccc(F)cc1Cl)N1CCN(C(=O)C2CCN(c3ncccn3)CC2)CC1. The van der Waals surface area contributed by atoms with Crippen LogP contribution in [-0.2, 0) is 4.79 Å². The van der Waals surface area contributed by atoms with Crippen molar-refractivity contribution in [2.24, 2.45) is 5.92 Å². The highest BCUT2D eigenvalue weighted by Gasteiger charge is 2.32. The summed E-state index contributed by atoms with van der Waals surface area (Å²) in [6.45, 7) is 3.37. The number of carbonyl (C=O) groups excluding carboxylic acids is 2. The zero-order valence-corrected chi connectivity index (χ0v) is 17.3. The summed E-state index contributed by atoms with van der Waals surface area (Å²) in [4.78, 5) is 39.8. The van der Waals surface area contributed by atoms with Crippen molar-refractivity contribution in [3.05, 3.63) is 53.1 Å². The van der Waals surface area contributed by atoms with Crippen molar-refractivity contribution in [1.82, 2.24) is 19.8 Å². The van der Waals surface area contributed by atoms with Crippen LogP contribution in [0.4, 0.5) is 10.3 Å². The van der Waals surface area contributed by atoms with Crippen molar-refractivity contribution in [1.29, 1.82) is 0 Å². The summed E-state index contributed by atoms with van der Waals surface area (Å²) < 4.78 is 13.2. The topological polar surface area (TPSA) is 69.6 Å². The largest absolute Gasteiger partial charge is 0.341 e. The lowest BCUT2D eigenvalue weighted by molar-refractivity contribution is -0.137. The van der Waals surface area contributed by atoms with Gasteiger partial charge in [0.05, 0.1) is 10.6 Å². The maximum atomic E-state index is 13.2. The molecule has 0 radical (unpaired) electrons. The zero-order chi connectivity index (χ0) is 21.1. The molecule has 3 heterocycles. The van der Waals surface area contributed by atoms with Crippen molar-refractivity contribution < 1.29 is 14.0 Å². The third-order valence-corrected chi connectivity index (χ3v) is 6.03. The van der Waals surface area contributed by atoms with Gasteiger partial charge in [-0.2, -0.15) is 0 Å². The van der Waals surface area contributed by atoms with Crippen LogP contribution >= 0.6 is 11.6 Å². The van der Waals surface area contributed by atoms with E-state index in [0.717, 1.165) is 32.0 Å². The van der Waals surface area contributed by atoms with Crippen LogP contribution in [-0.4, -0.2) is 70.9 Å². The molecule has 0 saturated carbocycles. The van der Waals surface area contributed by atoms with Crippen LogP contribution in [0.25, 0.3) is 0 Å². The van der Waals surface area contributed by atoms with Gasteiger partial charge < -0.3 is 14.7 Å². The first kappa shape index (κ1) is 20.5. The molecule has 0 atom stereocenters. The summed E-state index contributed by atoms with van der Waals surface area (Å²) in [7, 11) is 0. The fraction of sp³-hybridized carbons (Fsp3) is 0.429. The Kier molecular flexibility index (Phi) is 6.13. The van der Waals surface area contributed by atoms with Crippen LogP contribution in [0.15, 0.2) is 36.7 Å². The number of hydrogen-bond donors (Lipinski definition) is 0. The van der Waals surface area contributed by atoms with Gasteiger partial charge in [-0.25, -0.2) is 14.4 Å². The first-order chi connectivity index (χ1) is 14.5. The van der Waals surface area contributed by atoms with E-state index < -0.39 is 5.82 Å². The van der Waals surface area contributed by atoms with Gasteiger partial charge in [0, 0.05) is 57.6 Å². The van der Waals surface area contributed by atoms with Crippen LogP contribution < -0.4 is 4.90 Å². The van der Waals surface area contributed by atoms with Crippen LogP contribution in [0.1, 0.15) is 23.2 Å². The number of amides is 2. The summed E-state index contributed by atoms with van der Waals surface area (Å²) in [6.07, 6.45) is 4.97. The number of rotatable bonds is 3. The molecule has 0 bridgehead atoms. The average molecular weight is 432 g/mol. The molecule has 0 N–H and O–H groups in total. The molecule has 2 aliphatic heterocycles. The monoisotopic (exact) mass is 431 g/mol. The van der Waals surface area contributed by atoms with Gasteiger partial charge in [-0.3, -0.25) is 9.59 Å². The fourth-order valence-electron chi connectivity index (χ4n) is 4.00. The van der Waals surface area contributed by atoms with Crippen LogP contribution in [0.2, 0.25) is 5.02 Å². The molecular formula is C21H23ClFN5O2. The predicted molar refractivity (Wildman–Crippen MR) is 111 cm³/mol. The molecule has 2 amide bonds. The molecule has 158 valence electrons. The lowest BCUT2D eigenvalue weighted by atomic mass is 9.95. The molecule has 2 fully saturated rings. The van der Waals surface area contributed by atoms with Gasteiger partial charge in [0.15, 0.2) is 0 Å². The van der Waals surface area contributed by atoms with Gasteiger partial charge in [-0.15, -0.1) is 0 Å². The van der Waals surface area contributed by atoms with E-state index in [1.54, 1.807) is 23.4 Å². The minimum absolute atomic E-state index is 0.0150. The Morgan fingerprint density at radius 2 is 1.60 bits per heavy atom. The number of piperazine rings is 1. The molecule has 2 saturated heterocycles. The maximum Gasteiger partial charge on any atom is 0.255 e. The Bertz CT molecular complexity index is 913. The summed E-state index contributed by atoms with van der Waals surface area (Å²) in [5.41, 5.74) is 0.286. The molecule has 0 unspecified atom stereocenters. The van der Waals surface area contributed by atoms with Gasteiger partial charge in [-0.1, -0.05) is 11.6 Å². The van der Waals surface area contributed by atoms with E-state index in [1.807, 2.05) is 4.90 Å². The van der Waals surface area contributed by atoms with E-state index >= 15 is 0 Å². The Morgan fingerprint density at radius 3 is 2.23 bits per heavy atom. The summed E-state index contributed by atoms with van der Waals surface area (Å²) in [5, 5.41) is 0.104. The van der Waals surface area contributed by atoms with E-state index in [4.69, 9.17) is 11.6 Å². The molecule has 1 aromatic heterocycles. The number of anilines is 1. The van der Waals surface area contributed by atoms with Crippen LogP contribution in [0.5, 0.6) is 0 Å². The highest BCUT2D eigenvalue weighted by Crippen LogP contribution is 2.24. The number of hydrogen-bond acceptors (Lipinski definition) is 5. The van der Waals surface area contributed by atoms with E-state index in [0.29, 0.717) is 32.1 Å². The third kappa shape index (κ3) is 4.38. The number of benzene rings is 1. The second-order valence-corrected chi connectivity index (χ2v) is 7.96. The molecular weight excluding hydrogens is 409 g/mol. The maximum absolute atomic E-state index is 13.2. The van der Waals surface area contributed by atoms with Crippen molar-refractivity contribution in [3.63, 3.8) is 0 Å². The number of nitrogens with zero attached hydrogens (tertiary/aromatic N) is 5. The second-order valence-electron chi connectivity index (χ2n) is 7.55. The minimum atomic E-state index is -0.475. The highest BCUT2D eigenvalue weighted by atomic mass is 35.5. The number of aromatic nitrogens is 2. The summed E-state index contributed by atoms with van der Waals surface area (Å²) in [6, 6.07) is 5.56. The lowest BCUT2D eigenvalue weighted by Crippen LogP contribution is -2.53. The van der Waals surface area contributed by atoms with E-state index in [2.05, 4.69) is 14.9 Å². The molecule has 7 nitrogen and oxygen atoms in total. The van der Waals surface area contributed by atoms with Crippen LogP contribution in [0.3, 0.4) is 0 Å². The second kappa shape index (κ2) is 8.95. The molecule has 9 heteroatoms.